The number of pyridine rings is 1. The van der Waals surface area contributed by atoms with Gasteiger partial charge in [0.1, 0.15) is 5.69 Å². The van der Waals surface area contributed by atoms with Gasteiger partial charge in [0.05, 0.1) is 17.2 Å². The highest BCUT2D eigenvalue weighted by molar-refractivity contribution is 5.92. The molecular weight excluding hydrogens is 461 g/mol. The van der Waals surface area contributed by atoms with Crippen LogP contribution in [0.4, 0.5) is 13.2 Å². The molecule has 1 aromatic heterocycles. The van der Waals surface area contributed by atoms with E-state index in [1.54, 1.807) is 25.1 Å². The molecular formula is C26H25F3N2O4. The number of rotatable bonds is 9. The van der Waals surface area contributed by atoms with Crippen LogP contribution in [0, 0.1) is 6.92 Å². The number of amides is 1. The van der Waals surface area contributed by atoms with Crippen LogP contribution in [-0.4, -0.2) is 27.1 Å². The summed E-state index contributed by atoms with van der Waals surface area (Å²) in [6.45, 7) is 1.58. The Kier molecular flexibility index (Phi) is 8.24. The molecule has 9 heteroatoms. The Labute approximate surface area is 200 Å². The molecule has 184 valence electrons. The lowest BCUT2D eigenvalue weighted by molar-refractivity contribution is -0.137. The third kappa shape index (κ3) is 7.38. The van der Waals surface area contributed by atoms with E-state index < -0.39 is 29.7 Å². The highest BCUT2D eigenvalue weighted by Gasteiger charge is 2.30. The maximum atomic E-state index is 12.9. The summed E-state index contributed by atoms with van der Waals surface area (Å²) in [6.07, 6.45) is -3.62. The molecule has 1 amide bonds. The van der Waals surface area contributed by atoms with Crippen LogP contribution in [0.15, 0.2) is 60.7 Å². The monoisotopic (exact) mass is 486 g/mol. The molecule has 35 heavy (non-hydrogen) atoms. The second-order valence-electron chi connectivity index (χ2n) is 8.22. The van der Waals surface area contributed by atoms with Crippen molar-refractivity contribution in [3.63, 3.8) is 0 Å². The summed E-state index contributed by atoms with van der Waals surface area (Å²) in [4.78, 5) is 27.7. The van der Waals surface area contributed by atoms with Crippen LogP contribution in [-0.2, 0) is 19.1 Å². The fraction of sp³-hybridized carbons (Fsp3) is 0.269. The van der Waals surface area contributed by atoms with E-state index >= 15 is 0 Å². The van der Waals surface area contributed by atoms with Crippen molar-refractivity contribution < 1.29 is 33.0 Å². The molecule has 0 radical (unpaired) electrons. The Morgan fingerprint density at radius 3 is 2.40 bits per heavy atom. The molecule has 1 atom stereocenters. The van der Waals surface area contributed by atoms with Crippen LogP contribution in [0.5, 0.6) is 0 Å². The van der Waals surface area contributed by atoms with Crippen molar-refractivity contribution in [2.75, 3.05) is 0 Å². The van der Waals surface area contributed by atoms with Gasteiger partial charge in [-0.2, -0.15) is 13.2 Å². The number of hydrogen-bond acceptors (Lipinski definition) is 4. The molecule has 0 fully saturated rings. The molecule has 3 rings (SSSR count). The van der Waals surface area contributed by atoms with Crippen molar-refractivity contribution in [1.82, 2.24) is 10.3 Å². The van der Waals surface area contributed by atoms with Gasteiger partial charge in [0.25, 0.3) is 5.91 Å². The number of carboxylic acid groups (broad SMARTS) is 1. The lowest BCUT2D eigenvalue weighted by atomic mass is 10.00. The molecule has 0 saturated carbocycles. The number of carbonyl (C=O) groups excluding carboxylic acids is 1. The van der Waals surface area contributed by atoms with E-state index in [9.17, 15) is 27.9 Å². The number of nitrogens with one attached hydrogen (secondary N) is 1. The van der Waals surface area contributed by atoms with Crippen molar-refractivity contribution in [2.45, 2.75) is 45.0 Å². The van der Waals surface area contributed by atoms with Crippen molar-refractivity contribution in [3.8, 4) is 0 Å². The first-order chi connectivity index (χ1) is 16.5. The summed E-state index contributed by atoms with van der Waals surface area (Å²) in [7, 11) is 0. The predicted octanol–water partition coefficient (Wildman–Crippen LogP) is 5.09. The molecule has 0 aliphatic heterocycles. The number of aromatic carboxylic acids is 1. The molecule has 3 N–H and O–H groups in total. The SMILES string of the molecule is Cc1cc(C(O)CCCc2ccc(C(=O)O)cc2)cc(C(=O)NCc2cccc(C(F)(F)F)c2)n1. The molecule has 6 nitrogen and oxygen atoms in total. The maximum Gasteiger partial charge on any atom is 0.416 e. The first kappa shape index (κ1) is 25.9. The third-order valence-corrected chi connectivity index (χ3v) is 5.44. The van der Waals surface area contributed by atoms with Crippen LogP contribution in [0.1, 0.15) is 67.7 Å². The molecule has 2 aromatic carbocycles. The zero-order valence-electron chi connectivity index (χ0n) is 19.0. The van der Waals surface area contributed by atoms with Crippen molar-refractivity contribution in [1.29, 1.82) is 0 Å². The van der Waals surface area contributed by atoms with Crippen LogP contribution in [0.3, 0.4) is 0 Å². The van der Waals surface area contributed by atoms with Crippen molar-refractivity contribution in [2.24, 2.45) is 0 Å². The Bertz CT molecular complexity index is 1190. The smallest absolute Gasteiger partial charge is 0.416 e. The summed E-state index contributed by atoms with van der Waals surface area (Å²) in [5.41, 5.74) is 1.77. The average Bonchev–Trinajstić information content (AvgIpc) is 2.82. The number of nitrogens with zero attached hydrogens (tertiary/aromatic N) is 1. The van der Waals surface area contributed by atoms with Gasteiger partial charge in [-0.05, 0) is 79.3 Å². The minimum absolute atomic E-state index is 0.0651. The van der Waals surface area contributed by atoms with E-state index in [1.165, 1.54) is 30.3 Å². The second kappa shape index (κ2) is 11.1. The molecule has 1 unspecified atom stereocenters. The quantitative estimate of drug-likeness (QED) is 0.391. The molecule has 0 saturated heterocycles. The van der Waals surface area contributed by atoms with Gasteiger partial charge in [0, 0.05) is 12.2 Å². The van der Waals surface area contributed by atoms with Gasteiger partial charge in [-0.1, -0.05) is 24.3 Å². The van der Waals surface area contributed by atoms with E-state index in [2.05, 4.69) is 10.3 Å². The van der Waals surface area contributed by atoms with Crippen LogP contribution in [0.2, 0.25) is 0 Å². The molecule has 0 bridgehead atoms. The summed E-state index contributed by atoms with van der Waals surface area (Å²) in [6, 6.07) is 14.4. The number of halogens is 3. The number of alkyl halides is 3. The molecule has 0 spiro atoms. The first-order valence-corrected chi connectivity index (χ1v) is 11.0. The summed E-state index contributed by atoms with van der Waals surface area (Å²) < 4.78 is 38.7. The number of carboxylic acids is 1. The Balaban J connectivity index is 1.59. The van der Waals surface area contributed by atoms with Crippen molar-refractivity contribution >= 4 is 11.9 Å². The fourth-order valence-electron chi connectivity index (χ4n) is 3.61. The fourth-order valence-corrected chi connectivity index (χ4v) is 3.61. The van der Waals surface area contributed by atoms with Gasteiger partial charge in [0.2, 0.25) is 0 Å². The van der Waals surface area contributed by atoms with Gasteiger partial charge in [-0.3, -0.25) is 4.79 Å². The lowest BCUT2D eigenvalue weighted by Gasteiger charge is -2.14. The Morgan fingerprint density at radius 2 is 1.74 bits per heavy atom. The summed E-state index contributed by atoms with van der Waals surface area (Å²) in [5.74, 6) is -1.55. The molecule has 0 aliphatic rings. The number of aromatic nitrogens is 1. The summed E-state index contributed by atoms with van der Waals surface area (Å²) in [5, 5.41) is 22.1. The average molecular weight is 486 g/mol. The van der Waals surface area contributed by atoms with Gasteiger partial charge in [-0.15, -0.1) is 0 Å². The van der Waals surface area contributed by atoms with Gasteiger partial charge >= 0.3 is 12.1 Å². The number of aliphatic hydroxyl groups excluding tert-OH is 1. The zero-order chi connectivity index (χ0) is 25.6. The largest absolute Gasteiger partial charge is 0.478 e. The normalized spacial score (nSPS) is 12.3. The highest BCUT2D eigenvalue weighted by Crippen LogP contribution is 2.29. The lowest BCUT2D eigenvalue weighted by Crippen LogP contribution is -2.24. The second-order valence-corrected chi connectivity index (χ2v) is 8.22. The number of hydrogen-bond donors (Lipinski definition) is 3. The maximum absolute atomic E-state index is 12.9. The number of carbonyl (C=O) groups is 2. The topological polar surface area (TPSA) is 99.5 Å². The van der Waals surface area contributed by atoms with Gasteiger partial charge in [-0.25, -0.2) is 9.78 Å². The minimum Gasteiger partial charge on any atom is -0.478 e. The van der Waals surface area contributed by atoms with Gasteiger partial charge < -0.3 is 15.5 Å². The number of aliphatic hydroxyl groups is 1. The molecule has 0 aliphatic carbocycles. The highest BCUT2D eigenvalue weighted by atomic mass is 19.4. The van der Waals surface area contributed by atoms with E-state index in [1.807, 2.05) is 0 Å². The third-order valence-electron chi connectivity index (χ3n) is 5.44. The van der Waals surface area contributed by atoms with E-state index in [4.69, 9.17) is 5.11 Å². The van der Waals surface area contributed by atoms with Gasteiger partial charge in [0.15, 0.2) is 0 Å². The predicted molar refractivity (Wildman–Crippen MR) is 123 cm³/mol. The number of aryl methyl sites for hydroxylation is 2. The Hall–Kier alpha value is -3.72. The number of benzene rings is 2. The van der Waals surface area contributed by atoms with E-state index in [-0.39, 0.29) is 17.8 Å². The minimum atomic E-state index is -4.47. The summed E-state index contributed by atoms with van der Waals surface area (Å²) >= 11 is 0. The van der Waals surface area contributed by atoms with E-state index in [0.717, 1.165) is 17.7 Å². The van der Waals surface area contributed by atoms with Crippen LogP contribution >= 0.6 is 0 Å². The van der Waals surface area contributed by atoms with Crippen LogP contribution in [0.25, 0.3) is 0 Å². The Morgan fingerprint density at radius 1 is 1.03 bits per heavy atom. The van der Waals surface area contributed by atoms with Crippen molar-refractivity contribution in [3.05, 3.63) is 99.9 Å². The zero-order valence-corrected chi connectivity index (χ0v) is 19.0. The first-order valence-electron chi connectivity index (χ1n) is 11.0. The van der Waals surface area contributed by atoms with Crippen LogP contribution < -0.4 is 5.32 Å². The standard InChI is InChI=1S/C26H25F3N2O4/c1-16-12-20(23(32)7-3-4-17-8-10-19(11-9-17)25(34)35)14-22(31-16)24(33)30-15-18-5-2-6-21(13-18)26(27,28)29/h2,5-6,8-14,23,32H,3-4,7,15H2,1H3,(H,30,33)(H,34,35). The van der Waals surface area contributed by atoms with E-state index in [0.29, 0.717) is 36.1 Å². The molecule has 1 heterocycles. The molecule has 3 aromatic rings.